The van der Waals surface area contributed by atoms with Gasteiger partial charge in [-0.15, -0.1) is 5.10 Å². The van der Waals surface area contributed by atoms with Gasteiger partial charge in [0.2, 0.25) is 0 Å². The number of aliphatic hydroxyl groups excluding tert-OH is 1. The van der Waals surface area contributed by atoms with E-state index in [1.165, 1.54) is 0 Å². The molecule has 1 aliphatic heterocycles. The molecule has 0 saturated carbocycles. The maximum Gasteiger partial charge on any atom is 0.169 e. The van der Waals surface area contributed by atoms with Gasteiger partial charge < -0.3 is 10.0 Å². The van der Waals surface area contributed by atoms with Crippen LogP contribution in [0.25, 0.3) is 0 Å². The molecule has 21 heavy (non-hydrogen) atoms. The molecule has 5 heteroatoms. The third kappa shape index (κ3) is 3.16. The Morgan fingerprint density at radius 2 is 2.14 bits per heavy atom. The molecule has 114 valence electrons. The van der Waals surface area contributed by atoms with Gasteiger partial charge in [-0.1, -0.05) is 13.8 Å². The zero-order valence-corrected chi connectivity index (χ0v) is 13.1. The van der Waals surface area contributed by atoms with Crippen molar-refractivity contribution < 1.29 is 5.11 Å². The minimum Gasteiger partial charge on any atom is -0.393 e. The van der Waals surface area contributed by atoms with Crippen molar-refractivity contribution in [2.24, 2.45) is 5.92 Å². The van der Waals surface area contributed by atoms with Gasteiger partial charge in [-0.2, -0.15) is 10.4 Å². The molecule has 0 aliphatic carbocycles. The maximum atomic E-state index is 9.82. The highest BCUT2D eigenvalue weighted by atomic mass is 16.3. The van der Waals surface area contributed by atoms with Crippen LogP contribution in [0.4, 0.5) is 5.82 Å². The summed E-state index contributed by atoms with van der Waals surface area (Å²) in [5, 5.41) is 28.0. The van der Waals surface area contributed by atoms with E-state index in [1.54, 1.807) is 0 Å². The van der Waals surface area contributed by atoms with E-state index in [0.717, 1.165) is 50.0 Å². The second-order valence-corrected chi connectivity index (χ2v) is 5.73. The van der Waals surface area contributed by atoms with Crippen LogP contribution in [-0.4, -0.2) is 34.5 Å². The maximum absolute atomic E-state index is 9.82. The fraction of sp³-hybridized carbons (Fsp3) is 0.688. The van der Waals surface area contributed by atoms with E-state index in [0.29, 0.717) is 11.4 Å². The first kappa shape index (κ1) is 15.7. The number of aryl methyl sites for hydroxylation is 1. The second kappa shape index (κ2) is 6.86. The molecule has 0 spiro atoms. The molecule has 2 atom stereocenters. The lowest BCUT2D eigenvalue weighted by atomic mass is 9.93. The minimum absolute atomic E-state index is 0.239. The molecule has 1 aromatic heterocycles. The quantitative estimate of drug-likeness (QED) is 0.918. The number of aromatic nitrogens is 2. The Morgan fingerprint density at radius 3 is 2.71 bits per heavy atom. The standard InChI is InChI=1S/C16H24N4O/c1-4-13-14(9-17)16(19-18-15(13)5-2)20-8-6-7-12(10-20)11(3)21/h11-12,21H,4-8,10H2,1-3H3. The van der Waals surface area contributed by atoms with Crippen LogP contribution in [0.3, 0.4) is 0 Å². The first-order chi connectivity index (χ1) is 10.1. The lowest BCUT2D eigenvalue weighted by Gasteiger charge is -2.35. The molecule has 1 saturated heterocycles. The van der Waals surface area contributed by atoms with Gasteiger partial charge in [0.1, 0.15) is 11.6 Å². The molecule has 0 aromatic carbocycles. The largest absolute Gasteiger partial charge is 0.393 e. The number of anilines is 1. The predicted octanol–water partition coefficient (Wildman–Crippen LogP) is 2.07. The van der Waals surface area contributed by atoms with Crippen molar-refractivity contribution in [1.29, 1.82) is 5.26 Å². The van der Waals surface area contributed by atoms with E-state index in [4.69, 9.17) is 0 Å². The highest BCUT2D eigenvalue weighted by molar-refractivity contribution is 5.58. The fourth-order valence-corrected chi connectivity index (χ4v) is 3.10. The van der Waals surface area contributed by atoms with E-state index in [2.05, 4.69) is 28.1 Å². The van der Waals surface area contributed by atoms with Crippen LogP contribution in [0.1, 0.15) is 50.4 Å². The zero-order chi connectivity index (χ0) is 15.4. The van der Waals surface area contributed by atoms with Gasteiger partial charge in [0, 0.05) is 19.0 Å². The van der Waals surface area contributed by atoms with E-state index in [-0.39, 0.29) is 12.0 Å². The average molecular weight is 288 g/mol. The van der Waals surface area contributed by atoms with Crippen molar-refractivity contribution in [2.75, 3.05) is 18.0 Å². The number of rotatable bonds is 4. The van der Waals surface area contributed by atoms with Crippen molar-refractivity contribution >= 4 is 5.82 Å². The third-order valence-corrected chi connectivity index (χ3v) is 4.38. The summed E-state index contributed by atoms with van der Waals surface area (Å²) in [6.07, 6.45) is 3.30. The van der Waals surface area contributed by atoms with Gasteiger partial charge in [0.15, 0.2) is 5.82 Å². The number of nitriles is 1. The van der Waals surface area contributed by atoms with Crippen molar-refractivity contribution in [1.82, 2.24) is 10.2 Å². The number of piperidine rings is 1. The van der Waals surface area contributed by atoms with E-state index in [1.807, 2.05) is 13.8 Å². The molecular weight excluding hydrogens is 264 g/mol. The van der Waals surface area contributed by atoms with Gasteiger partial charge in [0.25, 0.3) is 0 Å². The molecule has 0 bridgehead atoms. The van der Waals surface area contributed by atoms with Crippen LogP contribution in [0.2, 0.25) is 0 Å². The van der Waals surface area contributed by atoms with Gasteiger partial charge in [-0.05, 0) is 38.2 Å². The van der Waals surface area contributed by atoms with Crippen molar-refractivity contribution in [3.05, 3.63) is 16.8 Å². The fourth-order valence-electron chi connectivity index (χ4n) is 3.10. The van der Waals surface area contributed by atoms with Gasteiger partial charge in [-0.3, -0.25) is 0 Å². The van der Waals surface area contributed by atoms with E-state index in [9.17, 15) is 10.4 Å². The smallest absolute Gasteiger partial charge is 0.169 e. The summed E-state index contributed by atoms with van der Waals surface area (Å²) in [5.74, 6) is 0.930. The van der Waals surface area contributed by atoms with Crippen LogP contribution in [-0.2, 0) is 12.8 Å². The summed E-state index contributed by atoms with van der Waals surface area (Å²) in [7, 11) is 0. The second-order valence-electron chi connectivity index (χ2n) is 5.73. The van der Waals surface area contributed by atoms with Crippen molar-refractivity contribution in [3.63, 3.8) is 0 Å². The first-order valence-corrected chi connectivity index (χ1v) is 7.83. The Kier molecular flexibility index (Phi) is 5.13. The summed E-state index contributed by atoms with van der Waals surface area (Å²) in [6, 6.07) is 2.32. The Labute approximate surface area is 126 Å². The van der Waals surface area contributed by atoms with Crippen LogP contribution < -0.4 is 4.90 Å². The van der Waals surface area contributed by atoms with Gasteiger partial charge in [-0.25, -0.2) is 0 Å². The molecule has 1 N–H and O–H groups in total. The topological polar surface area (TPSA) is 73.0 Å². The molecule has 2 heterocycles. The highest BCUT2D eigenvalue weighted by Gasteiger charge is 2.27. The van der Waals surface area contributed by atoms with Crippen LogP contribution in [0, 0.1) is 17.2 Å². The number of nitrogens with zero attached hydrogens (tertiary/aromatic N) is 4. The zero-order valence-electron chi connectivity index (χ0n) is 13.1. The Hall–Kier alpha value is -1.67. The molecular formula is C16H24N4O. The number of aliphatic hydroxyl groups is 1. The van der Waals surface area contributed by atoms with E-state index >= 15 is 0 Å². The summed E-state index contributed by atoms with van der Waals surface area (Å²) in [4.78, 5) is 2.12. The normalized spacial score (nSPS) is 20.1. The summed E-state index contributed by atoms with van der Waals surface area (Å²) >= 11 is 0. The first-order valence-electron chi connectivity index (χ1n) is 7.83. The van der Waals surface area contributed by atoms with Crippen molar-refractivity contribution in [2.45, 2.75) is 52.6 Å². The lowest BCUT2D eigenvalue weighted by Crippen LogP contribution is -2.40. The molecule has 0 amide bonds. The summed E-state index contributed by atoms with van der Waals surface area (Å²) in [6.45, 7) is 7.55. The molecule has 2 unspecified atom stereocenters. The molecule has 5 nitrogen and oxygen atoms in total. The van der Waals surface area contributed by atoms with Crippen molar-refractivity contribution in [3.8, 4) is 6.07 Å². The van der Waals surface area contributed by atoms with Gasteiger partial charge >= 0.3 is 0 Å². The predicted molar refractivity (Wildman–Crippen MR) is 82.1 cm³/mol. The monoisotopic (exact) mass is 288 g/mol. The Morgan fingerprint density at radius 1 is 1.38 bits per heavy atom. The SMILES string of the molecule is CCc1nnc(N2CCCC(C(C)O)C2)c(C#N)c1CC. The minimum atomic E-state index is -0.327. The molecule has 1 fully saturated rings. The Balaban J connectivity index is 2.37. The van der Waals surface area contributed by atoms with Crippen LogP contribution in [0.5, 0.6) is 0 Å². The number of hydrogen-bond acceptors (Lipinski definition) is 5. The molecule has 1 aliphatic rings. The summed E-state index contributed by atoms with van der Waals surface area (Å²) < 4.78 is 0. The average Bonchev–Trinajstić information content (AvgIpc) is 2.53. The molecule has 0 radical (unpaired) electrons. The van der Waals surface area contributed by atoms with Gasteiger partial charge in [0.05, 0.1) is 11.8 Å². The summed E-state index contributed by atoms with van der Waals surface area (Å²) in [5.41, 5.74) is 2.60. The lowest BCUT2D eigenvalue weighted by molar-refractivity contribution is 0.115. The van der Waals surface area contributed by atoms with Crippen LogP contribution in [0.15, 0.2) is 0 Å². The molecule has 2 rings (SSSR count). The Bertz CT molecular complexity index is 536. The van der Waals surface area contributed by atoms with Crippen LogP contribution >= 0.6 is 0 Å². The highest BCUT2D eigenvalue weighted by Crippen LogP contribution is 2.28. The van der Waals surface area contributed by atoms with E-state index < -0.39 is 0 Å². The third-order valence-electron chi connectivity index (χ3n) is 4.38. The number of hydrogen-bond donors (Lipinski definition) is 1. The molecule has 1 aromatic rings.